The fraction of sp³-hybridized carbons (Fsp3) is 0.579. The molecule has 2 atom stereocenters. The SMILES string of the molecule is COc1cnc(N2CC3CN(c4nc(C)nc5c4CCC5)CC3C2)nc1. The molecule has 2 fully saturated rings. The second-order valence-electron chi connectivity index (χ2n) is 7.63. The van der Waals surface area contributed by atoms with Crippen molar-refractivity contribution < 1.29 is 4.74 Å². The highest BCUT2D eigenvalue weighted by Crippen LogP contribution is 2.37. The van der Waals surface area contributed by atoms with Crippen LogP contribution in [-0.2, 0) is 12.8 Å². The lowest BCUT2D eigenvalue weighted by Gasteiger charge is -2.24. The minimum Gasteiger partial charge on any atom is -0.494 e. The Morgan fingerprint density at radius 3 is 2.35 bits per heavy atom. The number of aromatic nitrogens is 4. The Morgan fingerprint density at radius 1 is 0.962 bits per heavy atom. The van der Waals surface area contributed by atoms with Crippen molar-refractivity contribution in [3.05, 3.63) is 29.5 Å². The molecule has 4 heterocycles. The van der Waals surface area contributed by atoms with Crippen molar-refractivity contribution >= 4 is 11.8 Å². The Balaban J connectivity index is 1.32. The number of hydrogen-bond acceptors (Lipinski definition) is 7. The summed E-state index contributed by atoms with van der Waals surface area (Å²) in [6.07, 6.45) is 6.94. The lowest BCUT2D eigenvalue weighted by atomic mass is 10.0. The molecule has 0 spiro atoms. The van der Waals surface area contributed by atoms with Gasteiger partial charge in [-0.3, -0.25) is 0 Å². The van der Waals surface area contributed by atoms with Crippen molar-refractivity contribution in [1.29, 1.82) is 0 Å². The van der Waals surface area contributed by atoms with Crippen LogP contribution < -0.4 is 14.5 Å². The van der Waals surface area contributed by atoms with E-state index in [4.69, 9.17) is 9.72 Å². The molecule has 2 aromatic heterocycles. The molecule has 2 unspecified atom stereocenters. The van der Waals surface area contributed by atoms with E-state index in [9.17, 15) is 0 Å². The topological polar surface area (TPSA) is 67.3 Å². The molecular weight excluding hydrogens is 328 g/mol. The molecule has 0 aromatic carbocycles. The largest absolute Gasteiger partial charge is 0.494 e. The zero-order valence-corrected chi connectivity index (χ0v) is 15.4. The van der Waals surface area contributed by atoms with Gasteiger partial charge >= 0.3 is 0 Å². The molecule has 0 radical (unpaired) electrons. The van der Waals surface area contributed by atoms with E-state index in [-0.39, 0.29) is 0 Å². The molecule has 2 saturated heterocycles. The maximum atomic E-state index is 5.15. The van der Waals surface area contributed by atoms with Crippen LogP contribution in [0, 0.1) is 18.8 Å². The molecule has 2 aliphatic heterocycles. The molecule has 7 nitrogen and oxygen atoms in total. The quantitative estimate of drug-likeness (QED) is 0.832. The van der Waals surface area contributed by atoms with E-state index in [1.807, 2.05) is 6.92 Å². The van der Waals surface area contributed by atoms with Gasteiger partial charge in [-0.1, -0.05) is 0 Å². The van der Waals surface area contributed by atoms with Gasteiger partial charge in [0.1, 0.15) is 11.6 Å². The number of anilines is 2. The van der Waals surface area contributed by atoms with Gasteiger partial charge in [-0.05, 0) is 26.2 Å². The standard InChI is InChI=1S/C19H24N6O/c1-12-22-17-5-3-4-16(17)18(23-12)24-8-13-10-25(11-14(13)9-24)19-20-6-15(26-2)7-21-19/h6-7,13-14H,3-5,8-11H2,1-2H3. The van der Waals surface area contributed by atoms with Gasteiger partial charge in [0.2, 0.25) is 5.95 Å². The lowest BCUT2D eigenvalue weighted by molar-refractivity contribution is 0.410. The van der Waals surface area contributed by atoms with Crippen molar-refractivity contribution in [2.24, 2.45) is 11.8 Å². The number of ether oxygens (including phenoxy) is 1. The van der Waals surface area contributed by atoms with Crippen molar-refractivity contribution in [3.63, 3.8) is 0 Å². The van der Waals surface area contributed by atoms with E-state index in [0.717, 1.165) is 50.8 Å². The molecule has 26 heavy (non-hydrogen) atoms. The Bertz CT molecular complexity index is 810. The van der Waals surface area contributed by atoms with Gasteiger partial charge in [-0.25, -0.2) is 19.9 Å². The summed E-state index contributed by atoms with van der Waals surface area (Å²) < 4.78 is 5.15. The highest BCUT2D eigenvalue weighted by atomic mass is 16.5. The molecule has 136 valence electrons. The second kappa shape index (κ2) is 6.07. The summed E-state index contributed by atoms with van der Waals surface area (Å²) in [5, 5.41) is 0. The second-order valence-corrected chi connectivity index (χ2v) is 7.63. The van der Waals surface area contributed by atoms with Crippen LogP contribution in [0.2, 0.25) is 0 Å². The van der Waals surface area contributed by atoms with Crippen LogP contribution in [0.5, 0.6) is 5.75 Å². The van der Waals surface area contributed by atoms with Crippen LogP contribution >= 0.6 is 0 Å². The fourth-order valence-corrected chi connectivity index (χ4v) is 4.70. The van der Waals surface area contributed by atoms with Crippen LogP contribution in [-0.4, -0.2) is 53.2 Å². The van der Waals surface area contributed by atoms with E-state index in [1.165, 1.54) is 23.5 Å². The smallest absolute Gasteiger partial charge is 0.225 e. The minimum atomic E-state index is 0.646. The maximum Gasteiger partial charge on any atom is 0.225 e. The number of methoxy groups -OCH3 is 1. The first-order valence-electron chi connectivity index (χ1n) is 9.43. The summed E-state index contributed by atoms with van der Waals surface area (Å²) in [6, 6.07) is 0. The lowest BCUT2D eigenvalue weighted by Crippen LogP contribution is -2.30. The highest BCUT2D eigenvalue weighted by molar-refractivity contribution is 5.53. The van der Waals surface area contributed by atoms with Gasteiger partial charge in [-0.2, -0.15) is 0 Å². The van der Waals surface area contributed by atoms with Crippen LogP contribution in [0.25, 0.3) is 0 Å². The predicted octanol–water partition coefficient (Wildman–Crippen LogP) is 1.64. The first kappa shape index (κ1) is 15.8. The number of aryl methyl sites for hydroxylation is 2. The number of nitrogens with zero attached hydrogens (tertiary/aromatic N) is 6. The van der Waals surface area contributed by atoms with E-state index in [0.29, 0.717) is 17.6 Å². The van der Waals surface area contributed by atoms with Crippen molar-refractivity contribution in [3.8, 4) is 5.75 Å². The van der Waals surface area contributed by atoms with Gasteiger partial charge in [0, 0.05) is 49.3 Å². The zero-order valence-electron chi connectivity index (χ0n) is 15.4. The van der Waals surface area contributed by atoms with Crippen LogP contribution in [0.4, 0.5) is 11.8 Å². The fourth-order valence-electron chi connectivity index (χ4n) is 4.70. The number of hydrogen-bond donors (Lipinski definition) is 0. The molecule has 1 aliphatic carbocycles. The average Bonchev–Trinajstić information content (AvgIpc) is 3.35. The number of rotatable bonds is 3. The normalized spacial score (nSPS) is 24.1. The Morgan fingerprint density at radius 2 is 1.65 bits per heavy atom. The third-order valence-electron chi connectivity index (χ3n) is 5.94. The zero-order chi connectivity index (χ0) is 17.7. The summed E-state index contributed by atoms with van der Waals surface area (Å²) in [7, 11) is 1.64. The third-order valence-corrected chi connectivity index (χ3v) is 5.94. The van der Waals surface area contributed by atoms with Gasteiger partial charge in [0.15, 0.2) is 5.75 Å². The summed E-state index contributed by atoms with van der Waals surface area (Å²) in [5.74, 6) is 4.91. The first-order chi connectivity index (χ1) is 12.7. The Hall–Kier alpha value is -2.44. The van der Waals surface area contributed by atoms with E-state index in [2.05, 4.69) is 24.8 Å². The maximum absolute atomic E-state index is 5.15. The summed E-state index contributed by atoms with van der Waals surface area (Å²) in [6.45, 7) is 6.18. The molecule has 0 saturated carbocycles. The van der Waals surface area contributed by atoms with Crippen molar-refractivity contribution in [1.82, 2.24) is 19.9 Å². The summed E-state index contributed by atoms with van der Waals surface area (Å²) in [4.78, 5) is 23.2. The van der Waals surface area contributed by atoms with Gasteiger partial charge in [0.05, 0.1) is 19.5 Å². The van der Waals surface area contributed by atoms with Gasteiger partial charge in [0.25, 0.3) is 0 Å². The van der Waals surface area contributed by atoms with E-state index in [1.54, 1.807) is 19.5 Å². The molecule has 7 heteroatoms. The minimum absolute atomic E-state index is 0.646. The average molecular weight is 352 g/mol. The van der Waals surface area contributed by atoms with Crippen LogP contribution in [0.1, 0.15) is 23.5 Å². The summed E-state index contributed by atoms with van der Waals surface area (Å²) >= 11 is 0. The molecule has 2 aromatic rings. The van der Waals surface area contributed by atoms with E-state index >= 15 is 0 Å². The molecule has 3 aliphatic rings. The molecule has 0 N–H and O–H groups in total. The molecular formula is C19H24N6O. The molecule has 0 amide bonds. The van der Waals surface area contributed by atoms with E-state index < -0.39 is 0 Å². The monoisotopic (exact) mass is 352 g/mol. The molecule has 0 bridgehead atoms. The van der Waals surface area contributed by atoms with Crippen molar-refractivity contribution in [2.75, 3.05) is 43.1 Å². The molecule has 5 rings (SSSR count). The Labute approximate surface area is 153 Å². The highest BCUT2D eigenvalue weighted by Gasteiger charge is 2.42. The third kappa shape index (κ3) is 2.57. The Kier molecular flexibility index (Phi) is 3.69. The van der Waals surface area contributed by atoms with Crippen molar-refractivity contribution in [2.45, 2.75) is 26.2 Å². The van der Waals surface area contributed by atoms with Crippen LogP contribution in [0.3, 0.4) is 0 Å². The summed E-state index contributed by atoms with van der Waals surface area (Å²) in [5.41, 5.74) is 2.67. The first-order valence-corrected chi connectivity index (χ1v) is 9.43. The number of fused-ring (bicyclic) bond motifs is 2. The predicted molar refractivity (Wildman–Crippen MR) is 98.8 cm³/mol. The van der Waals surface area contributed by atoms with Crippen LogP contribution in [0.15, 0.2) is 12.4 Å². The van der Waals surface area contributed by atoms with Gasteiger partial charge < -0.3 is 14.5 Å². The van der Waals surface area contributed by atoms with Gasteiger partial charge in [-0.15, -0.1) is 0 Å².